The zero-order chi connectivity index (χ0) is 15.9. The predicted molar refractivity (Wildman–Crippen MR) is 96.9 cm³/mol. The number of hydrogen-bond donors (Lipinski definition) is 1. The van der Waals surface area contributed by atoms with Gasteiger partial charge in [0, 0.05) is 4.90 Å². The molecule has 0 N–H and O–H groups in total. The highest BCUT2D eigenvalue weighted by Crippen LogP contribution is 2.57. The molecule has 22 heavy (non-hydrogen) atoms. The highest BCUT2D eigenvalue weighted by molar-refractivity contribution is 7.80. The van der Waals surface area contributed by atoms with Crippen molar-refractivity contribution < 1.29 is 9.05 Å². The number of aryl methyl sites for hydroxylation is 1. The van der Waals surface area contributed by atoms with Gasteiger partial charge < -0.3 is 9.05 Å². The highest BCUT2D eigenvalue weighted by atomic mass is 32.1. The number of rotatable bonds is 7. The van der Waals surface area contributed by atoms with E-state index in [1.807, 2.05) is 19.9 Å². The Balaban J connectivity index is 2.51. The van der Waals surface area contributed by atoms with E-state index in [1.54, 1.807) is 0 Å². The van der Waals surface area contributed by atoms with Crippen molar-refractivity contribution in [3.05, 3.63) is 65.2 Å². The molecule has 0 aliphatic carbocycles. The van der Waals surface area contributed by atoms with Crippen LogP contribution >= 0.6 is 21.0 Å². The fraction of sp³-hybridized carbons (Fsp3) is 0.333. The first-order valence-corrected chi connectivity index (χ1v) is 9.26. The second kappa shape index (κ2) is 8.69. The predicted octanol–water partition coefficient (Wildman–Crippen LogP) is 5.76. The molecule has 0 spiro atoms. The fourth-order valence-corrected chi connectivity index (χ4v) is 4.49. The third-order valence-electron chi connectivity index (χ3n) is 3.32. The van der Waals surface area contributed by atoms with Crippen LogP contribution in [0, 0.1) is 6.92 Å². The lowest BCUT2D eigenvalue weighted by Crippen LogP contribution is -2.06. The molecule has 2 rings (SSSR count). The molecule has 1 atom stereocenters. The van der Waals surface area contributed by atoms with Crippen LogP contribution < -0.4 is 0 Å². The summed E-state index contributed by atoms with van der Waals surface area (Å²) in [5.74, 6) is 0. The first-order valence-electron chi connectivity index (χ1n) is 7.56. The topological polar surface area (TPSA) is 18.5 Å². The van der Waals surface area contributed by atoms with Crippen LogP contribution in [0.25, 0.3) is 0 Å². The maximum absolute atomic E-state index is 5.96. The minimum absolute atomic E-state index is 0.0727. The van der Waals surface area contributed by atoms with E-state index >= 15 is 0 Å². The lowest BCUT2D eigenvalue weighted by Gasteiger charge is -2.27. The largest absolute Gasteiger partial charge is 0.334 e. The van der Waals surface area contributed by atoms with E-state index in [1.165, 1.54) is 16.7 Å². The SMILES string of the molecule is CCOP(OCC)C(c1ccccc1)c1cc(C)ccc1S. The summed E-state index contributed by atoms with van der Waals surface area (Å²) in [6.45, 7) is 7.40. The summed E-state index contributed by atoms with van der Waals surface area (Å²) in [6.07, 6.45) is 0. The smallest absolute Gasteiger partial charge is 0.183 e. The van der Waals surface area contributed by atoms with Gasteiger partial charge in [-0.05, 0) is 38.0 Å². The van der Waals surface area contributed by atoms with Crippen LogP contribution in [-0.2, 0) is 9.05 Å². The van der Waals surface area contributed by atoms with Gasteiger partial charge in [0.1, 0.15) is 0 Å². The molecule has 0 radical (unpaired) electrons. The van der Waals surface area contributed by atoms with Crippen molar-refractivity contribution in [2.24, 2.45) is 0 Å². The molecule has 0 saturated heterocycles. The van der Waals surface area contributed by atoms with Crippen LogP contribution in [0.1, 0.15) is 36.2 Å². The Morgan fingerprint density at radius 2 is 1.64 bits per heavy atom. The summed E-state index contributed by atoms with van der Waals surface area (Å²) in [4.78, 5) is 0.978. The molecule has 0 saturated carbocycles. The van der Waals surface area contributed by atoms with Crippen molar-refractivity contribution in [3.63, 3.8) is 0 Å². The third-order valence-corrected chi connectivity index (χ3v) is 5.75. The van der Waals surface area contributed by atoms with Gasteiger partial charge in [0.15, 0.2) is 8.38 Å². The van der Waals surface area contributed by atoms with Crippen molar-refractivity contribution in [1.29, 1.82) is 0 Å². The second-order valence-electron chi connectivity index (χ2n) is 5.00. The number of thiol groups is 1. The summed E-state index contributed by atoms with van der Waals surface area (Å²) in [5.41, 5.74) is 3.67. The fourth-order valence-electron chi connectivity index (χ4n) is 2.38. The molecule has 2 nitrogen and oxygen atoms in total. The quantitative estimate of drug-likeness (QED) is 0.513. The summed E-state index contributed by atoms with van der Waals surface area (Å²) >= 11 is 4.66. The molecule has 0 fully saturated rings. The first kappa shape index (κ1) is 17.5. The van der Waals surface area contributed by atoms with E-state index in [2.05, 4.69) is 62.0 Å². The van der Waals surface area contributed by atoms with Crippen molar-refractivity contribution >= 4 is 21.0 Å². The molecule has 0 bridgehead atoms. The molecule has 0 heterocycles. The van der Waals surface area contributed by atoms with E-state index in [4.69, 9.17) is 9.05 Å². The van der Waals surface area contributed by atoms with Gasteiger partial charge >= 0.3 is 0 Å². The minimum atomic E-state index is -1.05. The monoisotopic (exact) mass is 334 g/mol. The minimum Gasteiger partial charge on any atom is -0.334 e. The van der Waals surface area contributed by atoms with E-state index in [9.17, 15) is 0 Å². The van der Waals surface area contributed by atoms with Gasteiger partial charge in [0.25, 0.3) is 0 Å². The molecule has 2 aromatic rings. The van der Waals surface area contributed by atoms with Crippen molar-refractivity contribution in [1.82, 2.24) is 0 Å². The van der Waals surface area contributed by atoms with E-state index in [0.717, 1.165) is 4.90 Å². The lowest BCUT2D eigenvalue weighted by atomic mass is 10.0. The normalized spacial score (nSPS) is 12.6. The molecule has 1 unspecified atom stereocenters. The Labute approximate surface area is 140 Å². The van der Waals surface area contributed by atoms with Gasteiger partial charge in [-0.2, -0.15) is 0 Å². The van der Waals surface area contributed by atoms with Gasteiger partial charge in [-0.15, -0.1) is 12.6 Å². The molecule has 0 aliphatic rings. The number of hydrogen-bond acceptors (Lipinski definition) is 3. The Morgan fingerprint density at radius 3 is 2.23 bits per heavy atom. The molecule has 2 aromatic carbocycles. The van der Waals surface area contributed by atoms with Crippen LogP contribution in [0.4, 0.5) is 0 Å². The third kappa shape index (κ3) is 4.33. The van der Waals surface area contributed by atoms with Crippen molar-refractivity contribution in [2.75, 3.05) is 13.2 Å². The van der Waals surface area contributed by atoms with Crippen LogP contribution in [0.2, 0.25) is 0 Å². The zero-order valence-electron chi connectivity index (χ0n) is 13.3. The molecule has 4 heteroatoms. The van der Waals surface area contributed by atoms with E-state index < -0.39 is 8.38 Å². The van der Waals surface area contributed by atoms with E-state index in [0.29, 0.717) is 13.2 Å². The summed E-state index contributed by atoms with van der Waals surface area (Å²) in [5, 5.41) is 0. The maximum Gasteiger partial charge on any atom is 0.183 e. The molecule has 0 amide bonds. The summed E-state index contributed by atoms with van der Waals surface area (Å²) < 4.78 is 11.9. The second-order valence-corrected chi connectivity index (χ2v) is 7.08. The van der Waals surface area contributed by atoms with Crippen LogP contribution in [0.3, 0.4) is 0 Å². The first-order chi connectivity index (χ1) is 10.7. The Kier molecular flexibility index (Phi) is 6.91. The number of benzene rings is 2. The molecular weight excluding hydrogens is 311 g/mol. The average Bonchev–Trinajstić information content (AvgIpc) is 2.52. The van der Waals surface area contributed by atoms with Gasteiger partial charge in [-0.3, -0.25) is 0 Å². The highest BCUT2D eigenvalue weighted by Gasteiger charge is 2.28. The summed E-state index contributed by atoms with van der Waals surface area (Å²) in [6, 6.07) is 16.7. The zero-order valence-corrected chi connectivity index (χ0v) is 15.1. The van der Waals surface area contributed by atoms with Crippen LogP contribution in [-0.4, -0.2) is 13.2 Å². The average molecular weight is 334 g/mol. The van der Waals surface area contributed by atoms with Crippen molar-refractivity contribution in [2.45, 2.75) is 31.3 Å². The van der Waals surface area contributed by atoms with Crippen LogP contribution in [0.5, 0.6) is 0 Å². The van der Waals surface area contributed by atoms with Gasteiger partial charge in [-0.25, -0.2) is 0 Å². The molecule has 0 aromatic heterocycles. The van der Waals surface area contributed by atoms with Crippen molar-refractivity contribution in [3.8, 4) is 0 Å². The Morgan fingerprint density at radius 1 is 1.00 bits per heavy atom. The van der Waals surface area contributed by atoms with Gasteiger partial charge in [-0.1, -0.05) is 48.0 Å². The lowest BCUT2D eigenvalue weighted by molar-refractivity contribution is 0.265. The maximum atomic E-state index is 5.96. The van der Waals surface area contributed by atoms with Crippen LogP contribution in [0.15, 0.2) is 53.4 Å². The van der Waals surface area contributed by atoms with E-state index in [-0.39, 0.29) is 5.66 Å². The Bertz CT molecular complexity index is 583. The van der Waals surface area contributed by atoms with Gasteiger partial charge in [0.2, 0.25) is 0 Å². The molecule has 118 valence electrons. The molecule has 0 aliphatic heterocycles. The Hall–Kier alpha value is -0.860. The molecular formula is C18H23O2PS. The standard InChI is InChI=1S/C18H23O2PS/c1-4-19-21(20-5-2)18(15-9-7-6-8-10-15)16-13-14(3)11-12-17(16)22/h6-13,18,22H,4-5H2,1-3H3. The van der Waals surface area contributed by atoms with Gasteiger partial charge in [0.05, 0.1) is 18.9 Å². The summed E-state index contributed by atoms with van der Waals surface area (Å²) in [7, 11) is -1.05.